The molecule has 5 heterocycles. The number of anilines is 2. The van der Waals surface area contributed by atoms with E-state index >= 15 is 9.59 Å². The Morgan fingerprint density at radius 1 is 0.580 bits per heavy atom. The van der Waals surface area contributed by atoms with Crippen molar-refractivity contribution in [3.05, 3.63) is 131 Å². The zero-order valence-corrected chi connectivity index (χ0v) is 73.3. The second kappa shape index (κ2) is 40.0. The third kappa shape index (κ3) is 22.9. The molecule has 0 spiro atoms. The molecule has 642 valence electrons. The maximum absolute atomic E-state index is 15.4. The summed E-state index contributed by atoms with van der Waals surface area (Å²) in [6, 6.07) is 23.2. The molecule has 0 radical (unpaired) electrons. The van der Waals surface area contributed by atoms with Crippen molar-refractivity contribution in [1.82, 2.24) is 9.80 Å². The summed E-state index contributed by atoms with van der Waals surface area (Å²) in [5, 5.41) is -0.431. The number of hydrogen-bond donors (Lipinski definition) is 0. The van der Waals surface area contributed by atoms with Gasteiger partial charge in [0, 0.05) is 69.5 Å². The van der Waals surface area contributed by atoms with Crippen molar-refractivity contribution < 1.29 is 119 Å². The second-order valence-corrected chi connectivity index (χ2v) is 39.6. The number of alkyl halides is 6. The van der Waals surface area contributed by atoms with Crippen LogP contribution < -0.4 is 47.7 Å². The van der Waals surface area contributed by atoms with E-state index < -0.39 is 137 Å². The fourth-order valence-electron chi connectivity index (χ4n) is 13.7. The summed E-state index contributed by atoms with van der Waals surface area (Å²) < 4.78 is 95.7. The average molecular weight is 1790 g/mol. The van der Waals surface area contributed by atoms with Gasteiger partial charge in [0.05, 0.1) is 94.8 Å². The molecule has 4 amide bonds. The van der Waals surface area contributed by atoms with Gasteiger partial charge in [-0.05, 0) is 115 Å². The predicted octanol–water partition coefficient (Wildman–Crippen LogP) is 15.2. The molecule has 1 fully saturated rings. The number of carbonyl (C=O) groups is 8. The van der Waals surface area contributed by atoms with Crippen LogP contribution in [0.3, 0.4) is 0 Å². The Morgan fingerprint density at radius 2 is 1.11 bits per heavy atom. The molecule has 29 nitrogen and oxygen atoms in total. The van der Waals surface area contributed by atoms with Crippen molar-refractivity contribution in [2.24, 2.45) is 5.92 Å². The number of nitrogens with zero attached hydrogens (tertiary/aromatic N) is 4. The number of methoxy groups -OCH3 is 4. The zero-order valence-electron chi connectivity index (χ0n) is 67.8. The van der Waals surface area contributed by atoms with E-state index in [0.29, 0.717) is 29.9 Å². The number of terminal acetylenes is 1. The fraction of sp³-hybridized carbons (Fsp3) is 0.470. The van der Waals surface area contributed by atoms with Gasteiger partial charge in [-0.1, -0.05) is 127 Å². The first-order valence-electron chi connectivity index (χ1n) is 37.9. The molecule has 5 aliphatic rings. The minimum absolute atomic E-state index is 0.0159. The molecule has 0 bridgehead atoms. The summed E-state index contributed by atoms with van der Waals surface area (Å²) in [6.07, 6.45) is 1.79. The lowest BCUT2D eigenvalue weighted by Gasteiger charge is -2.44. The Balaban J connectivity index is 0.787. The zero-order chi connectivity index (χ0) is 86.6. The fourth-order valence-corrected chi connectivity index (χ4v) is 15.2. The van der Waals surface area contributed by atoms with Gasteiger partial charge in [0.1, 0.15) is 56.0 Å². The monoisotopic (exact) mass is 1780 g/mol. The smallest absolute Gasteiger partial charge is 0.416 e. The third-order valence-electron chi connectivity index (χ3n) is 20.6. The number of amides is 4. The Morgan fingerprint density at radius 3 is 1.64 bits per heavy atom. The highest BCUT2D eigenvalue weighted by Gasteiger charge is 2.55. The maximum atomic E-state index is 15.4. The van der Waals surface area contributed by atoms with Crippen LogP contribution in [0.15, 0.2) is 103 Å². The van der Waals surface area contributed by atoms with Crippen LogP contribution in [0.25, 0.3) is 11.1 Å². The van der Waals surface area contributed by atoms with E-state index in [1.165, 1.54) is 61.3 Å². The predicted molar refractivity (Wildman–Crippen MR) is 444 cm³/mol. The molecule has 2 unspecified atom stereocenters. The number of carbonyl (C=O) groups excluding carboxylic acids is 8. The molecule has 36 heteroatoms. The van der Waals surface area contributed by atoms with Gasteiger partial charge in [-0.15, -0.1) is 6.42 Å². The van der Waals surface area contributed by atoms with E-state index in [1.807, 2.05) is 70.3 Å². The summed E-state index contributed by atoms with van der Waals surface area (Å²) in [5.41, 5.74) is 3.94. The Hall–Kier alpha value is -9.26. The molecule has 9 atom stereocenters. The largest absolute Gasteiger partial charge is 0.497 e. The van der Waals surface area contributed by atoms with E-state index in [-0.39, 0.29) is 123 Å². The highest BCUT2D eigenvalue weighted by atomic mass is 35.6. The molecule has 0 aliphatic carbocycles. The van der Waals surface area contributed by atoms with Gasteiger partial charge in [-0.25, -0.2) is 19.3 Å². The van der Waals surface area contributed by atoms with E-state index in [1.54, 1.807) is 67.4 Å². The number of ether oxygens (including phenoxy) is 16. The summed E-state index contributed by atoms with van der Waals surface area (Å²) >= 11 is 36.9. The molecule has 5 aromatic carbocycles. The summed E-state index contributed by atoms with van der Waals surface area (Å²) in [6.45, 7) is 14.8. The number of hydrogen-bond acceptors (Lipinski definition) is 25. The number of rotatable bonds is 32. The van der Waals surface area contributed by atoms with Crippen molar-refractivity contribution in [2.75, 3.05) is 91.1 Å². The number of benzene rings is 5. The average Bonchev–Trinajstić information content (AvgIpc) is 1.62. The van der Waals surface area contributed by atoms with E-state index in [2.05, 4.69) is 5.92 Å². The van der Waals surface area contributed by atoms with Crippen LogP contribution >= 0.6 is 69.6 Å². The van der Waals surface area contributed by atoms with E-state index in [4.69, 9.17) is 156 Å². The van der Waals surface area contributed by atoms with Gasteiger partial charge in [0.25, 0.3) is 11.8 Å². The van der Waals surface area contributed by atoms with E-state index in [0.717, 1.165) is 36.3 Å². The molecular weight excluding hydrogens is 1690 g/mol. The van der Waals surface area contributed by atoms with Gasteiger partial charge in [0.2, 0.25) is 13.9 Å². The summed E-state index contributed by atoms with van der Waals surface area (Å²) in [4.78, 5) is 115. The minimum atomic E-state index is -2.92. The van der Waals surface area contributed by atoms with Crippen LogP contribution in [-0.4, -0.2) is 204 Å². The van der Waals surface area contributed by atoms with Crippen LogP contribution in [0.2, 0.25) is 18.1 Å². The number of esters is 4. The lowest BCUT2D eigenvalue weighted by atomic mass is 9.91. The molecule has 0 saturated carbocycles. The van der Waals surface area contributed by atoms with E-state index in [9.17, 15) is 28.8 Å². The van der Waals surface area contributed by atoms with Gasteiger partial charge >= 0.3 is 36.1 Å². The number of fused-ring (bicyclic) bond motifs is 4. The quantitative estimate of drug-likeness (QED) is 0.00964. The Kier molecular flexibility index (Phi) is 30.9. The lowest BCUT2D eigenvalue weighted by molar-refractivity contribution is -0.261. The molecule has 10 rings (SSSR count). The molecule has 0 aromatic heterocycles. The molecule has 119 heavy (non-hydrogen) atoms. The standard InChI is InChI=1S/C83H94Cl6N4O25Si/c1-15-29-108-65-37-58(116-78-47(2)71(114-49(4)94)72(115-50(5)95)73(117-78)77(99)105-12)28-23-53(65)44-111-70(96)18-16-30-106-33-34-107-57-26-21-52(22-27-57)55-36-64-76(118-119(13,14)81(6,7)8)93(80(101)113-46-83(87,88)89)63-41-69(67(104-11)39-60(63)75(98)91(64)43-55)110-32-17-31-109-68-40-62-59(38-66(68)103-10)74(97)90-42-54(51-19-24-56(102-9)25-20-51)35-61(90)48(3)92(62)79(100)112-45-82(84,85)86/h1,19-28,37-43,47-48,61,64,71-73,76,78H,16-18,29-36,44-46H2,2-14H3/t47-,48-,61?,64?,71-,72+,73+,76-,78-/m1/s1. The first-order valence-corrected chi connectivity index (χ1v) is 43.1. The van der Waals surface area contributed by atoms with Crippen molar-refractivity contribution in [2.45, 2.75) is 162 Å². The summed E-state index contributed by atoms with van der Waals surface area (Å²) in [5.74, 6) is -0.00208. The van der Waals surface area contributed by atoms with Gasteiger partial charge < -0.3 is 90.0 Å². The van der Waals surface area contributed by atoms with Crippen LogP contribution in [0.1, 0.15) is 118 Å². The molecule has 0 N–H and O–H groups in total. The SMILES string of the molecule is C#CCOc1cc(O[C@@H]2O[C@H](C(=O)OC)[C@@H](OC(C)=O)[C@H](OC(C)=O)[C@H]2C)ccc1COC(=O)CCCOCCOc1ccc(C2=CN3C(=O)c4cc(OC)c(OCCCOc5cc6c(cc5OC)C(=O)N5C=C(c7ccc(OC)cc7)CC5[C@@H](C)N6C(=O)OCC(Cl)(Cl)Cl)cc4N(C(=O)OCC(Cl)(Cl)Cl)[C@H](O[Si](C)(C)C(C)(C)C)C3C2)cc1. The van der Waals surface area contributed by atoms with Gasteiger partial charge in [0.15, 0.2) is 55.9 Å². The Labute approximate surface area is 720 Å². The van der Waals surface area contributed by atoms with Crippen molar-refractivity contribution in [1.29, 1.82) is 0 Å². The topological polar surface area (TPSA) is 306 Å². The minimum Gasteiger partial charge on any atom is -0.497 e. The van der Waals surface area contributed by atoms with Crippen molar-refractivity contribution in [3.63, 3.8) is 0 Å². The molecule has 1 saturated heterocycles. The number of halogens is 6. The van der Waals surface area contributed by atoms with Gasteiger partial charge in [-0.2, -0.15) is 0 Å². The van der Waals surface area contributed by atoms with Crippen LogP contribution in [-0.2, 0) is 68.1 Å². The van der Waals surface area contributed by atoms with Crippen LogP contribution in [0.5, 0.6) is 46.0 Å². The van der Waals surface area contributed by atoms with Crippen LogP contribution in [0, 0.1) is 18.3 Å². The highest BCUT2D eigenvalue weighted by molar-refractivity contribution is 6.74. The second-order valence-electron chi connectivity index (χ2n) is 29.8. The van der Waals surface area contributed by atoms with Crippen molar-refractivity contribution in [3.8, 4) is 58.3 Å². The lowest BCUT2D eigenvalue weighted by Crippen LogP contribution is -2.60. The first-order chi connectivity index (χ1) is 56.4. The molecular formula is C83H94Cl6N4O25Si. The highest BCUT2D eigenvalue weighted by Crippen LogP contribution is 2.49. The maximum Gasteiger partial charge on any atom is 0.416 e. The summed E-state index contributed by atoms with van der Waals surface area (Å²) in [7, 11) is 2.60. The first kappa shape index (κ1) is 92.0. The molecule has 5 aromatic rings. The Bertz CT molecular complexity index is 4640. The normalized spacial score (nSPS) is 20.3. The van der Waals surface area contributed by atoms with Crippen molar-refractivity contribution >= 4 is 148 Å². The third-order valence-corrected chi connectivity index (χ3v) is 25.7. The van der Waals surface area contributed by atoms with Gasteiger partial charge in [-0.3, -0.25) is 28.9 Å². The van der Waals surface area contributed by atoms with Crippen LogP contribution in [0.4, 0.5) is 21.0 Å². The molecule has 5 aliphatic heterocycles.